The van der Waals surface area contributed by atoms with Crippen molar-refractivity contribution < 1.29 is 32.9 Å². The first kappa shape index (κ1) is 37.2. The normalized spacial score (nSPS) is 9.96. The number of rotatable bonds is 12. The molecular formula is C36H41FO6S2. The van der Waals surface area contributed by atoms with Gasteiger partial charge < -0.3 is 18.9 Å². The lowest BCUT2D eigenvalue weighted by Gasteiger charge is -2.10. The van der Waals surface area contributed by atoms with Crippen LogP contribution in [0.1, 0.15) is 58.5 Å². The maximum atomic E-state index is 12.8. The lowest BCUT2D eigenvalue weighted by atomic mass is 10.0. The molecule has 9 heteroatoms. The summed E-state index contributed by atoms with van der Waals surface area (Å²) >= 11 is 5.72. The molecule has 0 N–H and O–H groups in total. The fourth-order valence-corrected chi connectivity index (χ4v) is 4.58. The summed E-state index contributed by atoms with van der Waals surface area (Å²) in [6.45, 7) is 4.26. The van der Waals surface area contributed by atoms with Gasteiger partial charge in [-0.05, 0) is 97.1 Å². The largest absolute Gasteiger partial charge is 0.497 e. The number of benzene rings is 4. The number of hydrogen-bond donors (Lipinski definition) is 1. The summed E-state index contributed by atoms with van der Waals surface area (Å²) in [6.07, 6.45) is 2.32. The summed E-state index contributed by atoms with van der Waals surface area (Å²) in [7, 11) is 6.16. The molecule has 6 nitrogen and oxygen atoms in total. The standard InChI is InChI=1S/C18H20O3S.C15H13FO3.C3H8S/c1-4-11-22-15-8-5-13(6-9-15)18(19)16-10-7-14(20-2)12-17(16)21-3;1-18-12-7-8-13(14(9-12)19-2)15(17)10-3-5-11(16)6-4-10;1-2-3-4/h5-10,12H,4,11H2,1-3H3;3-9H,1-2H3;4H,2-3H2,1H3. The molecule has 0 bridgehead atoms. The molecule has 4 aromatic rings. The first-order valence-corrected chi connectivity index (χ1v) is 16.0. The average molecular weight is 653 g/mol. The molecule has 0 saturated heterocycles. The van der Waals surface area contributed by atoms with E-state index in [9.17, 15) is 14.0 Å². The Labute approximate surface area is 275 Å². The van der Waals surface area contributed by atoms with Crippen molar-refractivity contribution in [2.24, 2.45) is 0 Å². The molecule has 0 aliphatic heterocycles. The van der Waals surface area contributed by atoms with Gasteiger partial charge in [-0.1, -0.05) is 13.8 Å². The van der Waals surface area contributed by atoms with E-state index in [1.165, 1.54) is 49.8 Å². The molecule has 0 aromatic heterocycles. The van der Waals surface area contributed by atoms with Crippen LogP contribution in [0.4, 0.5) is 4.39 Å². The van der Waals surface area contributed by atoms with E-state index < -0.39 is 0 Å². The number of carbonyl (C=O) groups is 2. The van der Waals surface area contributed by atoms with E-state index in [0.29, 0.717) is 45.3 Å². The van der Waals surface area contributed by atoms with Crippen molar-refractivity contribution in [2.45, 2.75) is 31.6 Å². The Kier molecular flexibility index (Phi) is 16.7. The van der Waals surface area contributed by atoms with Gasteiger partial charge in [0, 0.05) is 28.2 Å². The number of halogens is 1. The van der Waals surface area contributed by atoms with Crippen LogP contribution in [0.5, 0.6) is 23.0 Å². The second-order valence-electron chi connectivity index (χ2n) is 9.39. The summed E-state index contributed by atoms with van der Waals surface area (Å²) in [6, 6.07) is 23.3. The van der Waals surface area contributed by atoms with Crippen LogP contribution in [-0.4, -0.2) is 51.5 Å². The Bertz CT molecular complexity index is 1490. The molecule has 0 unspecified atom stereocenters. The summed E-state index contributed by atoms with van der Waals surface area (Å²) in [5.74, 6) is 3.67. The van der Waals surface area contributed by atoms with Gasteiger partial charge in [0.1, 0.15) is 28.8 Å². The fraction of sp³-hybridized carbons (Fsp3) is 0.278. The topological polar surface area (TPSA) is 71.1 Å². The highest BCUT2D eigenvalue weighted by molar-refractivity contribution is 7.99. The smallest absolute Gasteiger partial charge is 0.196 e. The number of hydrogen-bond acceptors (Lipinski definition) is 8. The van der Waals surface area contributed by atoms with Crippen molar-refractivity contribution in [2.75, 3.05) is 39.9 Å². The van der Waals surface area contributed by atoms with Gasteiger partial charge in [-0.15, -0.1) is 11.8 Å². The molecule has 0 saturated carbocycles. The van der Waals surface area contributed by atoms with Crippen molar-refractivity contribution in [1.29, 1.82) is 0 Å². The molecule has 240 valence electrons. The molecule has 4 aromatic carbocycles. The van der Waals surface area contributed by atoms with Crippen molar-refractivity contribution in [3.8, 4) is 23.0 Å². The van der Waals surface area contributed by atoms with Crippen LogP contribution < -0.4 is 18.9 Å². The average Bonchev–Trinajstić information content (AvgIpc) is 3.10. The number of ketones is 2. The highest BCUT2D eigenvalue weighted by atomic mass is 32.2. The van der Waals surface area contributed by atoms with E-state index in [0.717, 1.165) is 17.9 Å². The van der Waals surface area contributed by atoms with Gasteiger partial charge in [0.15, 0.2) is 11.6 Å². The highest BCUT2D eigenvalue weighted by Gasteiger charge is 2.16. The van der Waals surface area contributed by atoms with Crippen LogP contribution in [-0.2, 0) is 0 Å². The number of methoxy groups -OCH3 is 4. The van der Waals surface area contributed by atoms with E-state index in [-0.39, 0.29) is 17.4 Å². The summed E-state index contributed by atoms with van der Waals surface area (Å²) in [5, 5.41) is 0. The van der Waals surface area contributed by atoms with E-state index in [2.05, 4.69) is 26.5 Å². The fourth-order valence-electron chi connectivity index (χ4n) is 3.81. The van der Waals surface area contributed by atoms with Crippen LogP contribution in [0.3, 0.4) is 0 Å². The molecule has 0 atom stereocenters. The molecular weight excluding hydrogens is 612 g/mol. The van der Waals surface area contributed by atoms with Crippen LogP contribution in [0.15, 0.2) is 89.8 Å². The Morgan fingerprint density at radius 1 is 0.644 bits per heavy atom. The molecule has 0 spiro atoms. The molecule has 0 fully saturated rings. The maximum Gasteiger partial charge on any atom is 0.196 e. The number of ether oxygens (including phenoxy) is 4. The molecule has 45 heavy (non-hydrogen) atoms. The monoisotopic (exact) mass is 652 g/mol. The first-order chi connectivity index (χ1) is 21.8. The quantitative estimate of drug-likeness (QED) is 0.0932. The summed E-state index contributed by atoms with van der Waals surface area (Å²) < 4.78 is 33.6. The third-order valence-electron chi connectivity index (χ3n) is 6.23. The minimum Gasteiger partial charge on any atom is -0.497 e. The van der Waals surface area contributed by atoms with Gasteiger partial charge in [0.25, 0.3) is 0 Å². The molecule has 0 aliphatic rings. The van der Waals surface area contributed by atoms with E-state index in [4.69, 9.17) is 18.9 Å². The van der Waals surface area contributed by atoms with E-state index in [1.807, 2.05) is 24.3 Å². The predicted molar refractivity (Wildman–Crippen MR) is 184 cm³/mol. The zero-order valence-corrected chi connectivity index (χ0v) is 28.3. The first-order valence-electron chi connectivity index (χ1n) is 14.4. The van der Waals surface area contributed by atoms with Crippen LogP contribution in [0.25, 0.3) is 0 Å². The van der Waals surface area contributed by atoms with Gasteiger partial charge in [-0.2, -0.15) is 12.6 Å². The van der Waals surface area contributed by atoms with Crippen LogP contribution >= 0.6 is 24.4 Å². The molecule has 0 radical (unpaired) electrons. The van der Waals surface area contributed by atoms with Gasteiger partial charge in [-0.25, -0.2) is 4.39 Å². The van der Waals surface area contributed by atoms with E-state index in [1.54, 1.807) is 62.4 Å². The van der Waals surface area contributed by atoms with Crippen molar-refractivity contribution in [3.63, 3.8) is 0 Å². The Hall–Kier alpha value is -3.95. The maximum absolute atomic E-state index is 12.8. The van der Waals surface area contributed by atoms with Crippen molar-refractivity contribution in [1.82, 2.24) is 0 Å². The van der Waals surface area contributed by atoms with Gasteiger partial charge in [-0.3, -0.25) is 9.59 Å². The third-order valence-corrected chi connectivity index (χ3v) is 7.89. The summed E-state index contributed by atoms with van der Waals surface area (Å²) in [4.78, 5) is 26.1. The second-order valence-corrected chi connectivity index (χ2v) is 11.0. The Morgan fingerprint density at radius 2 is 1.07 bits per heavy atom. The van der Waals surface area contributed by atoms with Gasteiger partial charge in [0.2, 0.25) is 0 Å². The molecule has 0 heterocycles. The third kappa shape index (κ3) is 11.5. The minimum atomic E-state index is -0.377. The lowest BCUT2D eigenvalue weighted by molar-refractivity contribution is 0.102. The molecule has 0 aliphatic carbocycles. The van der Waals surface area contributed by atoms with Crippen molar-refractivity contribution >= 4 is 36.0 Å². The highest BCUT2D eigenvalue weighted by Crippen LogP contribution is 2.28. The number of thiol groups is 1. The Balaban J connectivity index is 0.000000283. The van der Waals surface area contributed by atoms with Crippen LogP contribution in [0, 0.1) is 5.82 Å². The zero-order chi connectivity index (χ0) is 33.2. The van der Waals surface area contributed by atoms with E-state index >= 15 is 0 Å². The predicted octanol–water partition coefficient (Wildman–Crippen LogP) is 8.84. The zero-order valence-electron chi connectivity index (χ0n) is 26.6. The SMILES string of the molecule is CCCS.CCCSc1ccc(C(=O)c2ccc(OC)cc2OC)cc1.COc1ccc(C(=O)c2ccc(F)cc2)c(OC)c1. The van der Waals surface area contributed by atoms with Gasteiger partial charge >= 0.3 is 0 Å². The lowest BCUT2D eigenvalue weighted by Crippen LogP contribution is -2.04. The van der Waals surface area contributed by atoms with Crippen molar-refractivity contribution in [3.05, 3.63) is 113 Å². The minimum absolute atomic E-state index is 0.0495. The molecule has 4 rings (SSSR count). The number of thioether (sulfide) groups is 1. The summed E-state index contributed by atoms with van der Waals surface area (Å²) in [5.41, 5.74) is 2.02. The van der Waals surface area contributed by atoms with Gasteiger partial charge in [0.05, 0.1) is 39.6 Å². The Morgan fingerprint density at radius 3 is 1.42 bits per heavy atom. The van der Waals surface area contributed by atoms with Crippen LogP contribution in [0.2, 0.25) is 0 Å². The number of carbonyl (C=O) groups excluding carboxylic acids is 2. The second kappa shape index (κ2) is 20.2. The molecule has 0 amide bonds.